The lowest BCUT2D eigenvalue weighted by atomic mass is 9.64. The van der Waals surface area contributed by atoms with Crippen LogP contribution < -0.4 is 11.3 Å². The van der Waals surface area contributed by atoms with Gasteiger partial charge in [-0.3, -0.25) is 4.79 Å². The van der Waals surface area contributed by atoms with Gasteiger partial charge in [-0.25, -0.2) is 9.97 Å². The summed E-state index contributed by atoms with van der Waals surface area (Å²) in [5.74, 6) is 1.02. The Bertz CT molecular complexity index is 1290. The minimum absolute atomic E-state index is 0.125. The van der Waals surface area contributed by atoms with Crippen LogP contribution in [0.3, 0.4) is 0 Å². The Morgan fingerprint density at radius 3 is 2.50 bits per heavy atom. The largest absolute Gasteiger partial charge is 0.395 e. The second-order valence-electron chi connectivity index (χ2n) is 7.91. The van der Waals surface area contributed by atoms with Gasteiger partial charge < -0.3 is 19.9 Å². The molecule has 1 saturated carbocycles. The van der Waals surface area contributed by atoms with Crippen molar-refractivity contribution in [3.05, 3.63) is 76.7 Å². The first-order valence-electron chi connectivity index (χ1n) is 10.4. The Balaban J connectivity index is 1.47. The molecule has 0 amide bonds. The molecule has 3 N–H and O–H groups in total. The minimum Gasteiger partial charge on any atom is -0.395 e. The molecule has 0 unspecified atom stereocenters. The highest BCUT2D eigenvalue weighted by Crippen LogP contribution is 2.48. The summed E-state index contributed by atoms with van der Waals surface area (Å²) in [6, 6.07) is 11.6. The van der Waals surface area contributed by atoms with Gasteiger partial charge in [-0.15, -0.1) is 0 Å². The van der Waals surface area contributed by atoms with Gasteiger partial charge >= 0.3 is 0 Å². The summed E-state index contributed by atoms with van der Waals surface area (Å²) < 4.78 is 6.94. The number of hydrogen-bond acceptors (Lipinski definition) is 8. The zero-order valence-corrected chi connectivity index (χ0v) is 17.3. The van der Waals surface area contributed by atoms with E-state index in [0.29, 0.717) is 11.4 Å². The normalized spacial score (nSPS) is 14.8. The molecule has 0 aliphatic heterocycles. The van der Waals surface area contributed by atoms with Gasteiger partial charge in [0, 0.05) is 30.7 Å². The molecule has 5 rings (SSSR count). The lowest BCUT2D eigenvalue weighted by Crippen LogP contribution is -2.36. The third-order valence-electron chi connectivity index (χ3n) is 6.10. The quantitative estimate of drug-likeness (QED) is 0.476. The molecule has 4 aromatic rings. The molecule has 0 spiro atoms. The topological polar surface area (TPSA) is 133 Å². The van der Waals surface area contributed by atoms with E-state index in [0.717, 1.165) is 36.0 Å². The van der Waals surface area contributed by atoms with Crippen LogP contribution >= 0.6 is 0 Å². The number of aliphatic hydroxyl groups excluding tert-OH is 1. The maximum absolute atomic E-state index is 12.7. The third kappa shape index (κ3) is 3.36. The first-order chi connectivity index (χ1) is 15.6. The fraction of sp³-hybridized carbons (Fsp3) is 0.261. The zero-order chi connectivity index (χ0) is 22.1. The standard InChI is InChI=1S/C23H22N6O3/c24-22-25-13-16(14-26-22)15-4-6-17(7-5-15)23(8-2-9-23)21-27-19(32-28-21)18-3-1-10-29(11-12-30)20(18)31/h1,3-7,10,13-14,30H,2,8-9,11-12H2,(H2,24,25,26). The van der Waals surface area contributed by atoms with Crippen molar-refractivity contribution in [3.63, 3.8) is 0 Å². The third-order valence-corrected chi connectivity index (χ3v) is 6.10. The van der Waals surface area contributed by atoms with E-state index in [-0.39, 0.29) is 36.0 Å². The van der Waals surface area contributed by atoms with Crippen LogP contribution in [-0.4, -0.2) is 36.4 Å². The molecule has 9 heteroatoms. The summed E-state index contributed by atoms with van der Waals surface area (Å²) in [7, 11) is 0. The second kappa shape index (κ2) is 8.01. The molecule has 32 heavy (non-hydrogen) atoms. The molecule has 3 heterocycles. The highest BCUT2D eigenvalue weighted by molar-refractivity contribution is 5.63. The number of aliphatic hydroxyl groups is 1. The van der Waals surface area contributed by atoms with E-state index in [1.807, 2.05) is 12.1 Å². The summed E-state index contributed by atoms with van der Waals surface area (Å²) in [5.41, 5.74) is 8.27. The Hall–Kier alpha value is -3.85. The Morgan fingerprint density at radius 1 is 1.09 bits per heavy atom. The summed E-state index contributed by atoms with van der Waals surface area (Å²) in [5, 5.41) is 13.4. The zero-order valence-electron chi connectivity index (χ0n) is 17.3. The summed E-state index contributed by atoms with van der Waals surface area (Å²) in [6.45, 7) is 0.0864. The maximum atomic E-state index is 12.7. The second-order valence-corrected chi connectivity index (χ2v) is 7.91. The molecule has 0 bridgehead atoms. The van der Waals surface area contributed by atoms with Crippen LogP contribution in [0.5, 0.6) is 0 Å². The van der Waals surface area contributed by atoms with Crippen LogP contribution in [0.25, 0.3) is 22.6 Å². The van der Waals surface area contributed by atoms with Crippen molar-refractivity contribution < 1.29 is 9.63 Å². The number of nitrogen functional groups attached to an aromatic ring is 1. The van der Waals surface area contributed by atoms with Crippen LogP contribution in [0.15, 0.2) is 64.3 Å². The molecular weight excluding hydrogens is 408 g/mol. The molecule has 162 valence electrons. The SMILES string of the molecule is Nc1ncc(-c2ccc(C3(c4noc(-c5cccn(CCO)c5=O)n4)CCC3)cc2)cn1. The fourth-order valence-corrected chi connectivity index (χ4v) is 4.15. The average molecular weight is 430 g/mol. The summed E-state index contributed by atoms with van der Waals surface area (Å²) >= 11 is 0. The first-order valence-corrected chi connectivity index (χ1v) is 10.4. The molecule has 0 radical (unpaired) electrons. The van der Waals surface area contributed by atoms with Gasteiger partial charge in [0.2, 0.25) is 5.95 Å². The van der Waals surface area contributed by atoms with Gasteiger partial charge in [-0.1, -0.05) is 35.8 Å². The molecule has 1 aliphatic carbocycles. The molecule has 1 aliphatic rings. The van der Waals surface area contributed by atoms with E-state index in [4.69, 9.17) is 15.4 Å². The van der Waals surface area contributed by atoms with Gasteiger partial charge in [0.05, 0.1) is 12.0 Å². The van der Waals surface area contributed by atoms with Gasteiger partial charge in [-0.05, 0) is 36.1 Å². The molecule has 1 aromatic carbocycles. The van der Waals surface area contributed by atoms with Crippen molar-refractivity contribution in [2.45, 2.75) is 31.2 Å². The van der Waals surface area contributed by atoms with Crippen LogP contribution in [0, 0.1) is 0 Å². The van der Waals surface area contributed by atoms with E-state index in [1.54, 1.807) is 30.7 Å². The van der Waals surface area contributed by atoms with Crippen LogP contribution in [0.4, 0.5) is 5.95 Å². The predicted octanol–water partition coefficient (Wildman–Crippen LogP) is 2.40. The van der Waals surface area contributed by atoms with Crippen molar-refractivity contribution in [1.29, 1.82) is 0 Å². The molecule has 1 fully saturated rings. The van der Waals surface area contributed by atoms with Crippen molar-refractivity contribution >= 4 is 5.95 Å². The number of nitrogens with two attached hydrogens (primary N) is 1. The molecular formula is C23H22N6O3. The predicted molar refractivity (Wildman–Crippen MR) is 118 cm³/mol. The fourth-order valence-electron chi connectivity index (χ4n) is 4.15. The smallest absolute Gasteiger partial charge is 0.263 e. The number of benzene rings is 1. The van der Waals surface area contributed by atoms with Gasteiger partial charge in [-0.2, -0.15) is 4.98 Å². The number of hydrogen-bond donors (Lipinski definition) is 2. The first kappa shape index (κ1) is 20.1. The Morgan fingerprint density at radius 2 is 1.84 bits per heavy atom. The minimum atomic E-state index is -0.337. The van der Waals surface area contributed by atoms with Crippen LogP contribution in [-0.2, 0) is 12.0 Å². The maximum Gasteiger partial charge on any atom is 0.263 e. The lowest BCUT2D eigenvalue weighted by Gasteiger charge is -2.39. The van der Waals surface area contributed by atoms with Gasteiger partial charge in [0.1, 0.15) is 5.56 Å². The Kier molecular flexibility index (Phi) is 5.02. The number of anilines is 1. The highest BCUT2D eigenvalue weighted by atomic mass is 16.5. The van der Waals surface area contributed by atoms with E-state index < -0.39 is 0 Å². The van der Waals surface area contributed by atoms with Crippen molar-refractivity contribution in [2.24, 2.45) is 0 Å². The van der Waals surface area contributed by atoms with Crippen molar-refractivity contribution in [2.75, 3.05) is 12.3 Å². The summed E-state index contributed by atoms with van der Waals surface area (Å²) in [4.78, 5) is 25.4. The van der Waals surface area contributed by atoms with E-state index in [9.17, 15) is 4.79 Å². The van der Waals surface area contributed by atoms with Gasteiger partial charge in [0.15, 0.2) is 5.82 Å². The van der Waals surface area contributed by atoms with E-state index >= 15 is 0 Å². The summed E-state index contributed by atoms with van der Waals surface area (Å²) in [6.07, 6.45) is 7.89. The van der Waals surface area contributed by atoms with E-state index in [1.165, 1.54) is 4.57 Å². The van der Waals surface area contributed by atoms with Crippen LogP contribution in [0.1, 0.15) is 30.7 Å². The number of aromatic nitrogens is 5. The van der Waals surface area contributed by atoms with Gasteiger partial charge in [0.25, 0.3) is 11.4 Å². The van der Waals surface area contributed by atoms with Crippen molar-refractivity contribution in [1.82, 2.24) is 24.7 Å². The molecule has 3 aromatic heterocycles. The average Bonchev–Trinajstić information content (AvgIpc) is 3.26. The van der Waals surface area contributed by atoms with Crippen LogP contribution in [0.2, 0.25) is 0 Å². The highest BCUT2D eigenvalue weighted by Gasteiger charge is 2.44. The van der Waals surface area contributed by atoms with Crippen molar-refractivity contribution in [3.8, 4) is 22.6 Å². The molecule has 9 nitrogen and oxygen atoms in total. The monoisotopic (exact) mass is 430 g/mol. The van der Waals surface area contributed by atoms with E-state index in [2.05, 4.69) is 32.2 Å². The number of nitrogens with zero attached hydrogens (tertiary/aromatic N) is 5. The Labute approximate surface area is 183 Å². The number of pyridine rings is 1. The lowest BCUT2D eigenvalue weighted by molar-refractivity contribution is 0.272. The number of rotatable bonds is 6. The molecule has 0 saturated heterocycles. The molecule has 0 atom stereocenters.